The predicted octanol–water partition coefficient (Wildman–Crippen LogP) is 3.77. The van der Waals surface area contributed by atoms with Gasteiger partial charge in [-0.3, -0.25) is 9.59 Å². The van der Waals surface area contributed by atoms with Gasteiger partial charge in [0.05, 0.1) is 6.54 Å². The molecule has 1 aromatic heterocycles. The molecule has 7 nitrogen and oxygen atoms in total. The lowest BCUT2D eigenvalue weighted by Crippen LogP contribution is -2.60. The topological polar surface area (TPSA) is 77.6 Å². The molecule has 3 fully saturated rings. The van der Waals surface area contributed by atoms with E-state index < -0.39 is 6.04 Å². The number of thiocarbonyl (C=S) groups is 1. The molecule has 2 amide bonds. The average Bonchev–Trinajstić information content (AvgIpc) is 3.32. The van der Waals surface area contributed by atoms with Crippen molar-refractivity contribution in [1.82, 2.24) is 20.1 Å². The Morgan fingerprint density at radius 2 is 1.84 bits per heavy atom. The minimum Gasteiger partial charge on any atom is -0.360 e. The molecular formula is C23H35N5O2S2. The molecule has 0 radical (unpaired) electrons. The van der Waals surface area contributed by atoms with Crippen LogP contribution in [0, 0.1) is 5.92 Å². The average molecular weight is 478 g/mol. The Morgan fingerprint density at radius 1 is 1.12 bits per heavy atom. The van der Waals surface area contributed by atoms with Crippen LogP contribution in [0.4, 0.5) is 5.13 Å². The molecule has 2 saturated carbocycles. The molecule has 1 saturated heterocycles. The van der Waals surface area contributed by atoms with Crippen LogP contribution in [-0.4, -0.2) is 63.4 Å². The first-order chi connectivity index (χ1) is 15.6. The van der Waals surface area contributed by atoms with Gasteiger partial charge in [-0.25, -0.2) is 4.98 Å². The number of thiazole rings is 1. The zero-order chi connectivity index (χ0) is 22.3. The summed E-state index contributed by atoms with van der Waals surface area (Å²) in [7, 11) is 0. The van der Waals surface area contributed by atoms with Crippen molar-refractivity contribution in [3.8, 4) is 0 Å². The van der Waals surface area contributed by atoms with Crippen LogP contribution in [0.25, 0.3) is 0 Å². The van der Waals surface area contributed by atoms with Crippen molar-refractivity contribution >= 4 is 45.6 Å². The maximum Gasteiger partial charge on any atom is 0.248 e. The fraction of sp³-hybridized carbons (Fsp3) is 0.739. The van der Waals surface area contributed by atoms with E-state index in [0.29, 0.717) is 35.3 Å². The van der Waals surface area contributed by atoms with Gasteiger partial charge in [-0.05, 0) is 37.4 Å². The zero-order valence-electron chi connectivity index (χ0n) is 18.8. The Bertz CT molecular complexity index is 775. The third-order valence-electron chi connectivity index (χ3n) is 7.10. The minimum atomic E-state index is -0.448. The van der Waals surface area contributed by atoms with E-state index in [4.69, 9.17) is 12.2 Å². The lowest BCUT2D eigenvalue weighted by Gasteiger charge is -2.41. The molecule has 32 heavy (non-hydrogen) atoms. The van der Waals surface area contributed by atoms with Gasteiger partial charge in [-0.2, -0.15) is 0 Å². The second kappa shape index (κ2) is 11.4. The number of amides is 2. The molecule has 9 heteroatoms. The largest absolute Gasteiger partial charge is 0.360 e. The lowest BCUT2D eigenvalue weighted by molar-refractivity contribution is -0.142. The second-order valence-electron chi connectivity index (χ2n) is 9.38. The highest BCUT2D eigenvalue weighted by atomic mass is 32.1. The van der Waals surface area contributed by atoms with Crippen LogP contribution in [0.1, 0.15) is 70.6 Å². The van der Waals surface area contributed by atoms with Gasteiger partial charge >= 0.3 is 0 Å². The first-order valence-electron chi connectivity index (χ1n) is 12.2. The highest BCUT2D eigenvalue weighted by Crippen LogP contribution is 2.30. The maximum atomic E-state index is 13.2. The van der Waals surface area contributed by atoms with Crippen molar-refractivity contribution in [2.24, 2.45) is 5.92 Å². The van der Waals surface area contributed by atoms with E-state index in [-0.39, 0.29) is 18.4 Å². The zero-order valence-corrected chi connectivity index (χ0v) is 20.4. The van der Waals surface area contributed by atoms with E-state index in [0.717, 1.165) is 32.1 Å². The fourth-order valence-electron chi connectivity index (χ4n) is 5.29. The highest BCUT2D eigenvalue weighted by molar-refractivity contribution is 7.80. The minimum absolute atomic E-state index is 0.0147. The Labute approximate surface area is 200 Å². The normalized spacial score (nSPS) is 21.9. The van der Waals surface area contributed by atoms with Crippen LogP contribution in [0.15, 0.2) is 11.6 Å². The Balaban J connectivity index is 1.38. The number of hydrogen-bond donors (Lipinski definition) is 2. The van der Waals surface area contributed by atoms with Crippen LogP contribution < -0.4 is 10.6 Å². The van der Waals surface area contributed by atoms with Gasteiger partial charge in [0.1, 0.15) is 6.04 Å². The Morgan fingerprint density at radius 3 is 2.50 bits per heavy atom. The molecule has 1 aromatic rings. The molecule has 176 valence electrons. The molecule has 3 aliphatic rings. The van der Waals surface area contributed by atoms with Crippen molar-refractivity contribution in [3.05, 3.63) is 11.6 Å². The number of hydrogen-bond acceptors (Lipinski definition) is 5. The molecule has 0 aromatic carbocycles. The molecule has 2 aliphatic carbocycles. The molecule has 0 bridgehead atoms. The van der Waals surface area contributed by atoms with E-state index in [1.165, 1.54) is 49.9 Å². The first kappa shape index (κ1) is 23.4. The van der Waals surface area contributed by atoms with Crippen LogP contribution in [0.2, 0.25) is 0 Å². The molecule has 2 N–H and O–H groups in total. The number of nitrogens with zero attached hydrogens (tertiary/aromatic N) is 3. The van der Waals surface area contributed by atoms with E-state index in [1.54, 1.807) is 11.1 Å². The van der Waals surface area contributed by atoms with Gasteiger partial charge in [0.25, 0.3) is 0 Å². The van der Waals surface area contributed by atoms with Gasteiger partial charge in [0.2, 0.25) is 11.8 Å². The lowest BCUT2D eigenvalue weighted by atomic mass is 9.84. The summed E-state index contributed by atoms with van der Waals surface area (Å²) in [5.41, 5.74) is 0. The fourth-order valence-corrected chi connectivity index (χ4v) is 6.14. The van der Waals surface area contributed by atoms with Crippen LogP contribution in [0.3, 0.4) is 0 Å². The molecule has 1 aliphatic heterocycles. The van der Waals surface area contributed by atoms with E-state index >= 15 is 0 Å². The molecular weight excluding hydrogens is 442 g/mol. The van der Waals surface area contributed by atoms with E-state index in [2.05, 4.69) is 15.6 Å². The third kappa shape index (κ3) is 6.19. The first-order valence-corrected chi connectivity index (χ1v) is 13.4. The van der Waals surface area contributed by atoms with Gasteiger partial charge in [-0.1, -0.05) is 51.4 Å². The molecule has 4 rings (SSSR count). The summed E-state index contributed by atoms with van der Waals surface area (Å²) in [5.74, 6) is 0.366. The smallest absolute Gasteiger partial charge is 0.248 e. The summed E-state index contributed by atoms with van der Waals surface area (Å²) >= 11 is 7.03. The number of aromatic nitrogens is 1. The number of anilines is 1. The predicted molar refractivity (Wildman–Crippen MR) is 132 cm³/mol. The molecule has 0 spiro atoms. The van der Waals surface area contributed by atoms with Gasteiger partial charge in [0, 0.05) is 30.7 Å². The Hall–Kier alpha value is -1.74. The number of rotatable bonds is 6. The maximum absolute atomic E-state index is 13.2. The summed E-state index contributed by atoms with van der Waals surface area (Å²) in [6, 6.07) is -0.0240. The number of carbonyl (C=O) groups excluding carboxylic acids is 2. The SMILES string of the molecule is O=C(Nc1nccs1)[C@H](CC1CCCCC1)N1CCN(C(=S)NC2CCCCC2)CC1=O. The summed E-state index contributed by atoms with van der Waals surface area (Å²) < 4.78 is 0. The van der Waals surface area contributed by atoms with E-state index in [1.807, 2.05) is 10.3 Å². The van der Waals surface area contributed by atoms with Crippen molar-refractivity contribution in [2.45, 2.75) is 82.7 Å². The van der Waals surface area contributed by atoms with Crippen LogP contribution in [0.5, 0.6) is 0 Å². The summed E-state index contributed by atoms with van der Waals surface area (Å²) in [6.45, 7) is 1.42. The second-order valence-corrected chi connectivity index (χ2v) is 10.7. The molecule has 2 heterocycles. The van der Waals surface area contributed by atoms with Crippen molar-refractivity contribution < 1.29 is 9.59 Å². The third-order valence-corrected chi connectivity index (χ3v) is 8.16. The number of nitrogens with one attached hydrogen (secondary N) is 2. The van der Waals surface area contributed by atoms with Crippen LogP contribution >= 0.6 is 23.6 Å². The van der Waals surface area contributed by atoms with Crippen molar-refractivity contribution in [3.63, 3.8) is 0 Å². The summed E-state index contributed by atoms with van der Waals surface area (Å²) in [5, 5.41) is 9.53. The van der Waals surface area contributed by atoms with Gasteiger partial charge in [0.15, 0.2) is 10.2 Å². The van der Waals surface area contributed by atoms with Gasteiger partial charge < -0.3 is 20.4 Å². The standard InChI is InChI=1S/C23H35N5O2S2/c29-20-16-27(23(31)25-18-9-5-2-6-10-18)12-13-28(20)19(15-17-7-3-1-4-8-17)21(30)26-22-24-11-14-32-22/h11,14,17-19H,1-10,12-13,15-16H2,(H,25,31)(H,24,26,30)/t19-/m0/s1. The van der Waals surface area contributed by atoms with Crippen LogP contribution in [-0.2, 0) is 9.59 Å². The monoisotopic (exact) mass is 477 g/mol. The van der Waals surface area contributed by atoms with Gasteiger partial charge in [-0.15, -0.1) is 11.3 Å². The Kier molecular flexibility index (Phi) is 8.35. The summed E-state index contributed by atoms with van der Waals surface area (Å²) in [6.07, 6.45) is 14.5. The van der Waals surface area contributed by atoms with Crippen molar-refractivity contribution in [1.29, 1.82) is 0 Å². The summed E-state index contributed by atoms with van der Waals surface area (Å²) in [4.78, 5) is 34.4. The molecule has 0 unspecified atom stereocenters. The van der Waals surface area contributed by atoms with E-state index in [9.17, 15) is 9.59 Å². The number of piperazine rings is 1. The highest BCUT2D eigenvalue weighted by Gasteiger charge is 2.36. The quantitative estimate of drug-likeness (QED) is 0.608. The molecule has 1 atom stereocenters. The number of carbonyl (C=O) groups is 2. The van der Waals surface area contributed by atoms with Crippen molar-refractivity contribution in [2.75, 3.05) is 25.0 Å².